The van der Waals surface area contributed by atoms with Gasteiger partial charge in [-0.25, -0.2) is 0 Å². The van der Waals surface area contributed by atoms with E-state index >= 15 is 0 Å². The van der Waals surface area contributed by atoms with Crippen LogP contribution in [0.15, 0.2) is 18.2 Å². The van der Waals surface area contributed by atoms with Crippen molar-refractivity contribution in [3.05, 3.63) is 29.3 Å². The van der Waals surface area contributed by atoms with E-state index in [1.807, 2.05) is 26.0 Å². The molecule has 1 saturated carbocycles. The first-order chi connectivity index (χ1) is 10.0. The smallest absolute Gasteiger partial charge is 0.123 e. The number of ether oxygens (including phenoxy) is 2. The monoisotopic (exact) mass is 293 g/mol. The molecule has 2 rings (SSSR count). The van der Waals surface area contributed by atoms with Crippen LogP contribution in [-0.2, 0) is 11.3 Å². The highest BCUT2D eigenvalue weighted by atomic mass is 16.5. The summed E-state index contributed by atoms with van der Waals surface area (Å²) in [4.78, 5) is 0. The topological polar surface area (TPSA) is 50.7 Å². The van der Waals surface area contributed by atoms with Gasteiger partial charge in [-0.1, -0.05) is 17.7 Å². The molecule has 1 unspecified atom stereocenters. The van der Waals surface area contributed by atoms with Gasteiger partial charge in [-0.2, -0.15) is 0 Å². The van der Waals surface area contributed by atoms with Crippen molar-refractivity contribution in [2.45, 2.75) is 58.4 Å². The average Bonchev–Trinajstić information content (AvgIpc) is 3.26. The van der Waals surface area contributed by atoms with Crippen molar-refractivity contribution in [1.29, 1.82) is 0 Å². The summed E-state index contributed by atoms with van der Waals surface area (Å²) >= 11 is 0. The molecule has 4 nitrogen and oxygen atoms in total. The molecular formula is C17H27NO3. The predicted octanol–water partition coefficient (Wildman–Crippen LogP) is 2.41. The van der Waals surface area contributed by atoms with Crippen molar-refractivity contribution in [2.24, 2.45) is 0 Å². The normalized spacial score (nSPS) is 16.2. The quantitative estimate of drug-likeness (QED) is 0.734. The summed E-state index contributed by atoms with van der Waals surface area (Å²) in [5.41, 5.74) is 2.37. The first-order valence-corrected chi connectivity index (χ1v) is 7.80. The molecule has 0 saturated heterocycles. The third-order valence-corrected chi connectivity index (χ3v) is 3.43. The Morgan fingerprint density at radius 3 is 2.71 bits per heavy atom. The van der Waals surface area contributed by atoms with Crippen molar-refractivity contribution in [3.8, 4) is 5.75 Å². The lowest BCUT2D eigenvalue weighted by atomic mass is 10.1. The van der Waals surface area contributed by atoms with E-state index in [-0.39, 0.29) is 12.7 Å². The molecular weight excluding hydrogens is 266 g/mol. The molecule has 2 N–H and O–H groups in total. The van der Waals surface area contributed by atoms with E-state index in [0.717, 1.165) is 17.9 Å². The summed E-state index contributed by atoms with van der Waals surface area (Å²) in [6, 6.07) is 6.83. The lowest BCUT2D eigenvalue weighted by molar-refractivity contribution is -0.0124. The van der Waals surface area contributed by atoms with Gasteiger partial charge in [0.05, 0.1) is 12.7 Å². The van der Waals surface area contributed by atoms with Crippen molar-refractivity contribution in [1.82, 2.24) is 5.32 Å². The Labute approximate surface area is 127 Å². The van der Waals surface area contributed by atoms with E-state index in [4.69, 9.17) is 9.47 Å². The number of rotatable bonds is 9. The number of aliphatic hydroxyl groups is 1. The van der Waals surface area contributed by atoms with Crippen molar-refractivity contribution < 1.29 is 14.6 Å². The van der Waals surface area contributed by atoms with Gasteiger partial charge in [0.25, 0.3) is 0 Å². The highest BCUT2D eigenvalue weighted by Gasteiger charge is 2.20. The Kier molecular flexibility index (Phi) is 6.03. The summed E-state index contributed by atoms with van der Waals surface area (Å²) in [5, 5.41) is 13.4. The van der Waals surface area contributed by atoms with E-state index in [1.165, 1.54) is 18.4 Å². The van der Waals surface area contributed by atoms with E-state index in [1.54, 1.807) is 0 Å². The Hall–Kier alpha value is -1.10. The molecule has 1 atom stereocenters. The average molecular weight is 293 g/mol. The molecule has 118 valence electrons. The van der Waals surface area contributed by atoms with Gasteiger partial charge in [0.2, 0.25) is 0 Å². The number of aliphatic hydroxyl groups excluding tert-OH is 1. The molecule has 0 radical (unpaired) electrons. The van der Waals surface area contributed by atoms with Crippen LogP contribution in [0.1, 0.15) is 37.8 Å². The highest BCUT2D eigenvalue weighted by Crippen LogP contribution is 2.23. The van der Waals surface area contributed by atoms with Crippen LogP contribution in [-0.4, -0.2) is 36.6 Å². The van der Waals surface area contributed by atoms with Crippen molar-refractivity contribution >= 4 is 0 Å². The van der Waals surface area contributed by atoms with Gasteiger partial charge in [-0.3, -0.25) is 0 Å². The van der Waals surface area contributed by atoms with Gasteiger partial charge in [0.1, 0.15) is 18.5 Å². The maximum Gasteiger partial charge on any atom is 0.123 e. The van der Waals surface area contributed by atoms with E-state index in [9.17, 15) is 5.11 Å². The first kappa shape index (κ1) is 16.3. The van der Waals surface area contributed by atoms with Crippen LogP contribution in [0.4, 0.5) is 0 Å². The summed E-state index contributed by atoms with van der Waals surface area (Å²) in [5.74, 6) is 0.845. The minimum absolute atomic E-state index is 0.123. The summed E-state index contributed by atoms with van der Waals surface area (Å²) in [7, 11) is 0. The van der Waals surface area contributed by atoms with Gasteiger partial charge in [-0.15, -0.1) is 0 Å². The maximum absolute atomic E-state index is 9.87. The zero-order valence-electron chi connectivity index (χ0n) is 13.3. The molecule has 4 heteroatoms. The number of hydrogen-bond donors (Lipinski definition) is 2. The fourth-order valence-corrected chi connectivity index (χ4v) is 2.07. The van der Waals surface area contributed by atoms with Crippen LogP contribution in [0.2, 0.25) is 0 Å². The van der Waals surface area contributed by atoms with E-state index in [0.29, 0.717) is 12.6 Å². The number of benzene rings is 1. The lowest BCUT2D eigenvalue weighted by Gasteiger charge is -2.17. The van der Waals surface area contributed by atoms with Crippen LogP contribution in [0.25, 0.3) is 0 Å². The van der Waals surface area contributed by atoms with Crippen LogP contribution in [0, 0.1) is 6.92 Å². The maximum atomic E-state index is 9.87. The predicted molar refractivity (Wildman–Crippen MR) is 83.6 cm³/mol. The SMILES string of the molecule is Cc1ccc(OCC(O)COC(C)C)c(CNC2CC2)c1. The standard InChI is InChI=1S/C17H27NO3/c1-12(2)20-10-16(19)11-21-17-7-4-13(3)8-14(17)9-18-15-5-6-15/h4,7-8,12,15-16,18-19H,5-6,9-11H2,1-3H3. The Balaban J connectivity index is 1.85. The second-order valence-corrected chi connectivity index (χ2v) is 6.11. The van der Waals surface area contributed by atoms with E-state index < -0.39 is 6.10 Å². The lowest BCUT2D eigenvalue weighted by Crippen LogP contribution is -2.25. The molecule has 1 aliphatic rings. The highest BCUT2D eigenvalue weighted by molar-refractivity contribution is 5.37. The zero-order valence-corrected chi connectivity index (χ0v) is 13.3. The molecule has 0 amide bonds. The molecule has 0 aromatic heterocycles. The van der Waals surface area contributed by atoms with Crippen LogP contribution in [0.3, 0.4) is 0 Å². The molecule has 0 bridgehead atoms. The van der Waals surface area contributed by atoms with Crippen LogP contribution in [0.5, 0.6) is 5.75 Å². The Bertz CT molecular complexity index is 444. The largest absolute Gasteiger partial charge is 0.490 e. The molecule has 1 aromatic carbocycles. The Morgan fingerprint density at radius 2 is 2.05 bits per heavy atom. The number of hydrogen-bond acceptors (Lipinski definition) is 4. The molecule has 1 aliphatic carbocycles. The van der Waals surface area contributed by atoms with Crippen molar-refractivity contribution in [2.75, 3.05) is 13.2 Å². The summed E-state index contributed by atoms with van der Waals surface area (Å²) in [6.07, 6.45) is 2.07. The molecule has 21 heavy (non-hydrogen) atoms. The van der Waals surface area contributed by atoms with Gasteiger partial charge >= 0.3 is 0 Å². The molecule has 0 aliphatic heterocycles. The van der Waals surface area contributed by atoms with Crippen LogP contribution >= 0.6 is 0 Å². The summed E-state index contributed by atoms with van der Waals surface area (Å²) in [6.45, 7) is 7.37. The van der Waals surface area contributed by atoms with Crippen LogP contribution < -0.4 is 10.1 Å². The summed E-state index contributed by atoms with van der Waals surface area (Å²) < 4.78 is 11.2. The molecule has 0 spiro atoms. The van der Waals surface area contributed by atoms with Gasteiger partial charge in [-0.05, 0) is 39.7 Å². The van der Waals surface area contributed by atoms with Gasteiger partial charge in [0.15, 0.2) is 0 Å². The van der Waals surface area contributed by atoms with E-state index in [2.05, 4.69) is 18.3 Å². The zero-order chi connectivity index (χ0) is 15.2. The molecule has 0 heterocycles. The fourth-order valence-electron chi connectivity index (χ4n) is 2.07. The van der Waals surface area contributed by atoms with Gasteiger partial charge < -0.3 is 19.9 Å². The fraction of sp³-hybridized carbons (Fsp3) is 0.647. The number of nitrogens with one attached hydrogen (secondary N) is 1. The molecule has 1 aromatic rings. The van der Waals surface area contributed by atoms with Gasteiger partial charge in [0, 0.05) is 18.2 Å². The second kappa shape index (κ2) is 7.78. The minimum Gasteiger partial charge on any atom is -0.490 e. The number of aryl methyl sites for hydroxylation is 1. The molecule has 1 fully saturated rings. The second-order valence-electron chi connectivity index (χ2n) is 6.11. The third-order valence-electron chi connectivity index (χ3n) is 3.43. The Morgan fingerprint density at radius 1 is 1.29 bits per heavy atom. The minimum atomic E-state index is -0.599. The first-order valence-electron chi connectivity index (χ1n) is 7.80. The third kappa shape index (κ3) is 6.04. The van der Waals surface area contributed by atoms with Crippen molar-refractivity contribution in [3.63, 3.8) is 0 Å².